The minimum atomic E-state index is 0.259. The van der Waals surface area contributed by atoms with Gasteiger partial charge in [-0.05, 0) is 11.5 Å². The van der Waals surface area contributed by atoms with E-state index in [4.69, 9.17) is 0 Å². The SMILES string of the molecule is C1=CSC(n2cccn2)N1. The van der Waals surface area contributed by atoms with E-state index in [0.717, 1.165) is 0 Å². The number of hydrogen-bond donors (Lipinski definition) is 1. The van der Waals surface area contributed by atoms with Crippen LogP contribution < -0.4 is 5.32 Å². The molecule has 1 unspecified atom stereocenters. The van der Waals surface area contributed by atoms with Gasteiger partial charge in [0, 0.05) is 18.6 Å². The summed E-state index contributed by atoms with van der Waals surface area (Å²) in [4.78, 5) is 0. The highest BCUT2D eigenvalue weighted by atomic mass is 32.2. The van der Waals surface area contributed by atoms with Gasteiger partial charge in [-0.1, -0.05) is 11.8 Å². The molecule has 1 aliphatic rings. The third kappa shape index (κ3) is 0.903. The van der Waals surface area contributed by atoms with Gasteiger partial charge in [0.1, 0.15) is 0 Å². The topological polar surface area (TPSA) is 29.9 Å². The van der Waals surface area contributed by atoms with Crippen molar-refractivity contribution in [3.8, 4) is 0 Å². The normalized spacial score (nSPS) is 23.0. The van der Waals surface area contributed by atoms with Crippen LogP contribution in [0.25, 0.3) is 0 Å². The van der Waals surface area contributed by atoms with Crippen LogP contribution in [0.3, 0.4) is 0 Å². The summed E-state index contributed by atoms with van der Waals surface area (Å²) < 4.78 is 1.88. The van der Waals surface area contributed by atoms with Gasteiger partial charge in [0.2, 0.25) is 0 Å². The van der Waals surface area contributed by atoms with E-state index in [0.29, 0.717) is 0 Å². The van der Waals surface area contributed by atoms with Gasteiger partial charge in [-0.15, -0.1) is 0 Å². The first-order valence-corrected chi connectivity index (χ1v) is 3.97. The average Bonchev–Trinajstić information content (AvgIpc) is 2.59. The van der Waals surface area contributed by atoms with Crippen molar-refractivity contribution < 1.29 is 0 Å². The highest BCUT2D eigenvalue weighted by Crippen LogP contribution is 2.23. The lowest BCUT2D eigenvalue weighted by Crippen LogP contribution is -2.15. The van der Waals surface area contributed by atoms with Crippen LogP contribution in [0.5, 0.6) is 0 Å². The predicted molar refractivity (Wildman–Crippen MR) is 41.1 cm³/mol. The molecule has 1 aromatic rings. The monoisotopic (exact) mass is 153 g/mol. The van der Waals surface area contributed by atoms with Crippen molar-refractivity contribution in [2.24, 2.45) is 0 Å². The van der Waals surface area contributed by atoms with Gasteiger partial charge in [-0.3, -0.25) is 0 Å². The summed E-state index contributed by atoms with van der Waals surface area (Å²) in [6, 6.07) is 1.92. The number of hydrogen-bond acceptors (Lipinski definition) is 3. The van der Waals surface area contributed by atoms with Gasteiger partial charge in [0.05, 0.1) is 0 Å². The molecular formula is C6H7N3S. The van der Waals surface area contributed by atoms with E-state index in [1.807, 2.05) is 28.6 Å². The molecule has 2 heterocycles. The summed E-state index contributed by atoms with van der Waals surface area (Å²) in [7, 11) is 0. The molecule has 0 amide bonds. The fourth-order valence-corrected chi connectivity index (χ4v) is 1.55. The average molecular weight is 153 g/mol. The molecule has 1 atom stereocenters. The van der Waals surface area contributed by atoms with Crippen LogP contribution in [0, 0.1) is 0 Å². The van der Waals surface area contributed by atoms with E-state index in [-0.39, 0.29) is 5.50 Å². The molecule has 0 saturated carbocycles. The van der Waals surface area contributed by atoms with Crippen molar-refractivity contribution in [3.63, 3.8) is 0 Å². The molecule has 1 aliphatic heterocycles. The third-order valence-electron chi connectivity index (χ3n) is 1.28. The zero-order valence-electron chi connectivity index (χ0n) is 5.27. The summed E-state index contributed by atoms with van der Waals surface area (Å²) >= 11 is 1.71. The Morgan fingerprint density at radius 1 is 1.60 bits per heavy atom. The van der Waals surface area contributed by atoms with Gasteiger partial charge in [-0.25, -0.2) is 4.68 Å². The molecule has 1 N–H and O–H groups in total. The summed E-state index contributed by atoms with van der Waals surface area (Å²) in [5.41, 5.74) is 0.259. The lowest BCUT2D eigenvalue weighted by atomic mass is 10.7. The molecule has 1 aromatic heterocycles. The molecule has 2 rings (SSSR count). The second-order valence-electron chi connectivity index (χ2n) is 1.94. The smallest absolute Gasteiger partial charge is 0.171 e. The number of rotatable bonds is 1. The number of nitrogens with one attached hydrogen (secondary N) is 1. The number of aromatic nitrogens is 2. The third-order valence-corrected chi connectivity index (χ3v) is 2.18. The zero-order chi connectivity index (χ0) is 6.81. The van der Waals surface area contributed by atoms with Gasteiger partial charge >= 0.3 is 0 Å². The fourth-order valence-electron chi connectivity index (χ4n) is 0.833. The van der Waals surface area contributed by atoms with Crippen molar-refractivity contribution in [3.05, 3.63) is 30.1 Å². The van der Waals surface area contributed by atoms with Crippen LogP contribution >= 0.6 is 11.8 Å². The highest BCUT2D eigenvalue weighted by Gasteiger charge is 2.10. The van der Waals surface area contributed by atoms with E-state index in [2.05, 4.69) is 10.4 Å². The van der Waals surface area contributed by atoms with Crippen LogP contribution in [0.15, 0.2) is 30.1 Å². The summed E-state index contributed by atoms with van der Waals surface area (Å²) in [6.07, 6.45) is 5.65. The molecule has 0 saturated heterocycles. The van der Waals surface area contributed by atoms with Gasteiger partial charge in [0.25, 0.3) is 0 Å². The Hall–Kier alpha value is -0.900. The van der Waals surface area contributed by atoms with Crippen molar-refractivity contribution >= 4 is 11.8 Å². The van der Waals surface area contributed by atoms with Crippen LogP contribution in [0.2, 0.25) is 0 Å². The Morgan fingerprint density at radius 3 is 3.20 bits per heavy atom. The number of thioether (sulfide) groups is 1. The number of nitrogens with zero attached hydrogens (tertiary/aromatic N) is 2. The van der Waals surface area contributed by atoms with E-state index in [9.17, 15) is 0 Å². The molecule has 0 radical (unpaired) electrons. The fraction of sp³-hybridized carbons (Fsp3) is 0.167. The van der Waals surface area contributed by atoms with Crippen molar-refractivity contribution in [1.29, 1.82) is 0 Å². The maximum Gasteiger partial charge on any atom is 0.171 e. The van der Waals surface area contributed by atoms with E-state index < -0.39 is 0 Å². The lowest BCUT2D eigenvalue weighted by molar-refractivity contribution is 0.564. The Morgan fingerprint density at radius 2 is 2.60 bits per heavy atom. The second kappa shape index (κ2) is 2.38. The first-order valence-electron chi connectivity index (χ1n) is 3.02. The molecule has 0 fully saturated rings. The summed E-state index contributed by atoms with van der Waals surface area (Å²) in [6.45, 7) is 0. The second-order valence-corrected chi connectivity index (χ2v) is 2.93. The quantitative estimate of drug-likeness (QED) is 0.656. The summed E-state index contributed by atoms with van der Waals surface area (Å²) in [5, 5.41) is 9.25. The maximum atomic E-state index is 4.09. The Labute approximate surface area is 63.1 Å². The van der Waals surface area contributed by atoms with Gasteiger partial charge in [0.15, 0.2) is 5.50 Å². The zero-order valence-corrected chi connectivity index (χ0v) is 6.08. The van der Waals surface area contributed by atoms with E-state index >= 15 is 0 Å². The molecule has 52 valence electrons. The summed E-state index contributed by atoms with van der Waals surface area (Å²) in [5.74, 6) is 0. The molecular weight excluding hydrogens is 146 g/mol. The first kappa shape index (κ1) is 5.85. The standard InChI is InChI=1S/C6H7N3S/c1-2-8-9(4-1)6-7-3-5-10-6/h1-7H. The Balaban J connectivity index is 2.14. The van der Waals surface area contributed by atoms with Crippen molar-refractivity contribution in [2.45, 2.75) is 5.50 Å². The molecule has 0 spiro atoms. The van der Waals surface area contributed by atoms with Crippen LogP contribution in [0.4, 0.5) is 0 Å². The lowest BCUT2D eigenvalue weighted by Gasteiger charge is -2.08. The minimum Gasteiger partial charge on any atom is -0.361 e. The molecule has 3 nitrogen and oxygen atoms in total. The van der Waals surface area contributed by atoms with E-state index in [1.165, 1.54) is 0 Å². The van der Waals surface area contributed by atoms with Gasteiger partial charge in [-0.2, -0.15) is 5.10 Å². The molecule has 0 bridgehead atoms. The first-order chi connectivity index (χ1) is 4.97. The molecule has 0 aromatic carbocycles. The van der Waals surface area contributed by atoms with Crippen LogP contribution in [0.1, 0.15) is 5.50 Å². The largest absolute Gasteiger partial charge is 0.361 e. The Bertz CT molecular complexity index is 221. The molecule has 0 aliphatic carbocycles. The van der Waals surface area contributed by atoms with Crippen LogP contribution in [-0.4, -0.2) is 9.78 Å². The maximum absolute atomic E-state index is 4.09. The molecule has 4 heteroatoms. The van der Waals surface area contributed by atoms with Crippen molar-refractivity contribution in [2.75, 3.05) is 0 Å². The van der Waals surface area contributed by atoms with Crippen LogP contribution in [-0.2, 0) is 0 Å². The van der Waals surface area contributed by atoms with Crippen molar-refractivity contribution in [1.82, 2.24) is 15.1 Å². The molecule has 10 heavy (non-hydrogen) atoms. The van der Waals surface area contributed by atoms with Gasteiger partial charge < -0.3 is 5.32 Å². The highest BCUT2D eigenvalue weighted by molar-refractivity contribution is 8.02. The minimum absolute atomic E-state index is 0.259. The Kier molecular flexibility index (Phi) is 1.39. The predicted octanol–water partition coefficient (Wildman–Crippen LogP) is 1.15. The van der Waals surface area contributed by atoms with E-state index in [1.54, 1.807) is 18.0 Å².